The first-order valence-corrected chi connectivity index (χ1v) is 11.7. The van der Waals surface area contributed by atoms with Gasteiger partial charge in [-0.2, -0.15) is 4.37 Å². The molecule has 2 aliphatic rings. The zero-order valence-corrected chi connectivity index (χ0v) is 19.4. The van der Waals surface area contributed by atoms with Crippen molar-refractivity contribution >= 4 is 50.8 Å². The van der Waals surface area contributed by atoms with Crippen LogP contribution in [0.4, 0.5) is 15.9 Å². The second-order valence-corrected chi connectivity index (χ2v) is 9.16. The van der Waals surface area contributed by atoms with Crippen molar-refractivity contribution in [1.29, 1.82) is 0 Å². The number of imidazole rings is 1. The number of hydrogen-bond acceptors (Lipinski definition) is 8. The minimum absolute atomic E-state index is 0.0366. The molecular formula is C23H18FN7O4S. The van der Waals surface area contributed by atoms with Crippen LogP contribution >= 0.6 is 11.5 Å². The summed E-state index contributed by atoms with van der Waals surface area (Å²) in [5, 5.41) is 22.5. The summed E-state index contributed by atoms with van der Waals surface area (Å²) in [6.45, 7) is -0.317. The van der Waals surface area contributed by atoms with Gasteiger partial charge >= 0.3 is 0 Å². The summed E-state index contributed by atoms with van der Waals surface area (Å²) in [7, 11) is 1.40. The number of anilines is 2. The smallest absolute Gasteiger partial charge is 0.287 e. The molecular weight excluding hydrogens is 489 g/mol. The van der Waals surface area contributed by atoms with Crippen LogP contribution in [-0.2, 0) is 21.7 Å². The number of rotatable bonds is 4. The van der Waals surface area contributed by atoms with E-state index in [1.165, 1.54) is 35.3 Å². The number of aliphatic hydroxyl groups excluding tert-OH is 1. The van der Waals surface area contributed by atoms with Gasteiger partial charge in [-0.25, -0.2) is 9.37 Å². The average molecular weight is 508 g/mol. The van der Waals surface area contributed by atoms with E-state index in [1.54, 1.807) is 0 Å². The predicted molar refractivity (Wildman–Crippen MR) is 128 cm³/mol. The maximum atomic E-state index is 14.3. The number of aliphatic hydroxyl groups is 1. The van der Waals surface area contributed by atoms with E-state index in [4.69, 9.17) is 0 Å². The van der Waals surface area contributed by atoms with Crippen molar-refractivity contribution in [2.75, 3.05) is 17.7 Å². The Morgan fingerprint density at radius 2 is 2.08 bits per heavy atom. The number of halogens is 1. The van der Waals surface area contributed by atoms with Gasteiger partial charge in [0.25, 0.3) is 11.8 Å². The topological polar surface area (TPSA) is 150 Å². The highest BCUT2D eigenvalue weighted by atomic mass is 32.1. The third-order valence-corrected chi connectivity index (χ3v) is 7.13. The van der Waals surface area contributed by atoms with E-state index in [9.17, 15) is 23.9 Å². The van der Waals surface area contributed by atoms with E-state index >= 15 is 0 Å². The number of fused-ring (bicyclic) bond motifs is 5. The largest absolute Gasteiger partial charge is 0.368 e. The van der Waals surface area contributed by atoms with Gasteiger partial charge in [0, 0.05) is 23.7 Å². The molecule has 0 saturated heterocycles. The van der Waals surface area contributed by atoms with Crippen LogP contribution < -0.4 is 21.3 Å². The zero-order valence-electron chi connectivity index (χ0n) is 18.6. The molecule has 4 heterocycles. The molecule has 36 heavy (non-hydrogen) atoms. The molecule has 2 aromatic heterocycles. The number of benzene rings is 2. The molecule has 4 aromatic rings. The van der Waals surface area contributed by atoms with Crippen LogP contribution in [0.3, 0.4) is 0 Å². The highest BCUT2D eigenvalue weighted by Crippen LogP contribution is 2.46. The van der Waals surface area contributed by atoms with Gasteiger partial charge in [-0.15, -0.1) is 0 Å². The Balaban J connectivity index is 1.56. The van der Waals surface area contributed by atoms with Crippen LogP contribution in [0.15, 0.2) is 42.5 Å². The lowest BCUT2D eigenvalue weighted by atomic mass is 9.85. The van der Waals surface area contributed by atoms with Crippen LogP contribution in [0.2, 0.25) is 0 Å². The Morgan fingerprint density at radius 3 is 2.89 bits per heavy atom. The third-order valence-electron chi connectivity index (χ3n) is 6.29. The number of carbonyl (C=O) groups is 3. The SMILES string of the molecule is CNC(=O)c1nc(NC(O)c2nsc3ccccc23)c2n1CC(=O)NC21C(=O)Nc2ccc(F)cc21. The Morgan fingerprint density at radius 1 is 1.28 bits per heavy atom. The molecule has 13 heteroatoms. The van der Waals surface area contributed by atoms with Gasteiger partial charge < -0.3 is 30.9 Å². The molecule has 0 saturated carbocycles. The lowest BCUT2D eigenvalue weighted by molar-refractivity contribution is -0.131. The zero-order chi connectivity index (χ0) is 25.2. The van der Waals surface area contributed by atoms with Gasteiger partial charge in [-0.1, -0.05) is 18.2 Å². The van der Waals surface area contributed by atoms with Crippen molar-refractivity contribution in [2.24, 2.45) is 0 Å². The maximum Gasteiger partial charge on any atom is 0.287 e. The van der Waals surface area contributed by atoms with Crippen LogP contribution in [0.25, 0.3) is 10.1 Å². The number of nitrogens with one attached hydrogen (secondary N) is 4. The molecule has 5 N–H and O–H groups in total. The number of carbonyl (C=O) groups excluding carboxylic acids is 3. The highest BCUT2D eigenvalue weighted by molar-refractivity contribution is 7.13. The minimum Gasteiger partial charge on any atom is -0.368 e. The molecule has 2 atom stereocenters. The standard InChI is InChI=1S/C23H18FN7O4S/c1-25-21(34)19-27-18(28-20(33)16-11-4-2-3-5-14(11)36-30-16)17-23(29-15(32)9-31(17)19)12-8-10(24)6-7-13(12)26-22(23)35/h2-8,20,28,33H,9H2,1H3,(H,25,34)(H,26,35)(H,29,32). The number of aromatic nitrogens is 3. The van der Waals surface area contributed by atoms with Crippen molar-refractivity contribution in [3.8, 4) is 0 Å². The molecule has 1 spiro atoms. The summed E-state index contributed by atoms with van der Waals surface area (Å²) >= 11 is 1.20. The Bertz CT molecular complexity index is 1600. The molecule has 182 valence electrons. The Kier molecular flexibility index (Phi) is 4.81. The van der Waals surface area contributed by atoms with Crippen molar-refractivity contribution in [3.63, 3.8) is 0 Å². The first-order valence-electron chi connectivity index (χ1n) is 10.9. The molecule has 2 aromatic carbocycles. The van der Waals surface area contributed by atoms with E-state index in [0.717, 1.165) is 16.2 Å². The third kappa shape index (κ3) is 3.03. The molecule has 2 unspecified atom stereocenters. The summed E-state index contributed by atoms with van der Waals surface area (Å²) < 4.78 is 20.8. The second kappa shape index (κ2) is 7.83. The Labute approximate surface area is 206 Å². The van der Waals surface area contributed by atoms with Crippen molar-refractivity contribution in [2.45, 2.75) is 18.3 Å². The lowest BCUT2D eigenvalue weighted by Gasteiger charge is -2.35. The monoisotopic (exact) mass is 507 g/mol. The molecule has 0 radical (unpaired) electrons. The van der Waals surface area contributed by atoms with E-state index in [1.807, 2.05) is 24.3 Å². The quantitative estimate of drug-likeness (QED) is 0.262. The second-order valence-electron chi connectivity index (χ2n) is 8.35. The summed E-state index contributed by atoms with van der Waals surface area (Å²) in [6.07, 6.45) is -1.37. The number of amides is 3. The summed E-state index contributed by atoms with van der Waals surface area (Å²) in [6, 6.07) is 11.1. The van der Waals surface area contributed by atoms with Gasteiger partial charge in [0.15, 0.2) is 17.6 Å². The fourth-order valence-electron chi connectivity index (χ4n) is 4.76. The first kappa shape index (κ1) is 22.1. The van der Waals surface area contributed by atoms with Gasteiger partial charge in [0.2, 0.25) is 11.7 Å². The van der Waals surface area contributed by atoms with Gasteiger partial charge in [-0.05, 0) is 35.8 Å². The number of nitrogens with zero attached hydrogens (tertiary/aromatic N) is 3. The maximum absolute atomic E-state index is 14.3. The fourth-order valence-corrected chi connectivity index (χ4v) is 5.56. The highest BCUT2D eigenvalue weighted by Gasteiger charge is 2.56. The van der Waals surface area contributed by atoms with Crippen LogP contribution in [-0.4, -0.2) is 43.8 Å². The lowest BCUT2D eigenvalue weighted by Crippen LogP contribution is -2.57. The summed E-state index contributed by atoms with van der Waals surface area (Å²) in [5.74, 6) is -2.65. The summed E-state index contributed by atoms with van der Waals surface area (Å²) in [5.41, 5.74) is -1.02. The van der Waals surface area contributed by atoms with Gasteiger partial charge in [-0.3, -0.25) is 14.4 Å². The van der Waals surface area contributed by atoms with Crippen molar-refractivity contribution in [3.05, 3.63) is 71.1 Å². The van der Waals surface area contributed by atoms with E-state index < -0.39 is 35.3 Å². The number of hydrogen-bond donors (Lipinski definition) is 5. The predicted octanol–water partition coefficient (Wildman–Crippen LogP) is 1.42. The molecule has 0 fully saturated rings. The van der Waals surface area contributed by atoms with E-state index in [-0.39, 0.29) is 29.4 Å². The van der Waals surface area contributed by atoms with Crippen molar-refractivity contribution in [1.82, 2.24) is 24.6 Å². The normalized spacial score (nSPS) is 19.0. The van der Waals surface area contributed by atoms with E-state index in [0.29, 0.717) is 11.4 Å². The fraction of sp³-hybridized carbons (Fsp3) is 0.174. The van der Waals surface area contributed by atoms with Crippen LogP contribution in [0.5, 0.6) is 0 Å². The van der Waals surface area contributed by atoms with Gasteiger partial charge in [0.1, 0.15) is 23.7 Å². The minimum atomic E-state index is -1.89. The van der Waals surface area contributed by atoms with Crippen LogP contribution in [0.1, 0.15) is 33.8 Å². The van der Waals surface area contributed by atoms with Crippen molar-refractivity contribution < 1.29 is 23.9 Å². The molecule has 0 bridgehead atoms. The molecule has 2 aliphatic heterocycles. The molecule has 0 aliphatic carbocycles. The van der Waals surface area contributed by atoms with Crippen LogP contribution in [0, 0.1) is 5.82 Å². The average Bonchev–Trinajstić information content (AvgIpc) is 3.52. The Hall–Kier alpha value is -4.36. The molecule has 11 nitrogen and oxygen atoms in total. The van der Waals surface area contributed by atoms with Gasteiger partial charge in [0.05, 0.1) is 4.70 Å². The summed E-state index contributed by atoms with van der Waals surface area (Å²) in [4.78, 5) is 43.3. The first-order chi connectivity index (χ1) is 17.3. The van der Waals surface area contributed by atoms with E-state index in [2.05, 4.69) is 30.6 Å². The molecule has 3 amide bonds. The molecule has 6 rings (SSSR count).